The second kappa shape index (κ2) is 8.01. The molecule has 2 aromatic carbocycles. The van der Waals surface area contributed by atoms with E-state index >= 15 is 0 Å². The molecule has 0 aliphatic carbocycles. The molecule has 0 saturated heterocycles. The third kappa shape index (κ3) is 4.74. The molecule has 0 aromatic heterocycles. The van der Waals surface area contributed by atoms with Gasteiger partial charge in [-0.25, -0.2) is 0 Å². The average molecular weight is 328 g/mol. The lowest BCUT2D eigenvalue weighted by molar-refractivity contribution is -0.132. The molecule has 0 heterocycles. The number of amides is 2. The summed E-state index contributed by atoms with van der Waals surface area (Å²) in [5.74, 6) is 0.592. The van der Waals surface area contributed by atoms with E-state index in [1.54, 1.807) is 43.3 Å². The van der Waals surface area contributed by atoms with Crippen LogP contribution in [0, 0.1) is 0 Å². The molecule has 0 radical (unpaired) electrons. The number of rotatable bonds is 7. The molecule has 0 bridgehead atoms. The van der Waals surface area contributed by atoms with Crippen LogP contribution in [0.1, 0.15) is 15.9 Å². The summed E-state index contributed by atoms with van der Waals surface area (Å²) in [6.07, 6.45) is 0. The van der Waals surface area contributed by atoms with Gasteiger partial charge in [-0.15, -0.1) is 0 Å². The third-order valence-corrected chi connectivity index (χ3v) is 3.48. The van der Waals surface area contributed by atoms with Crippen LogP contribution < -0.4 is 15.2 Å². The van der Waals surface area contributed by atoms with Crippen molar-refractivity contribution < 1.29 is 19.1 Å². The number of benzene rings is 2. The standard InChI is InChI=1S/C18H20N2O4/c1-20(11-13-4-3-5-16(10-13)23-2)17(21)12-24-15-8-6-14(7-9-15)18(19)22/h3-10H,11-12H2,1-2H3,(H2,19,22). The molecule has 0 aliphatic heterocycles. The quantitative estimate of drug-likeness (QED) is 0.841. The third-order valence-electron chi connectivity index (χ3n) is 3.48. The van der Waals surface area contributed by atoms with Gasteiger partial charge in [0.1, 0.15) is 11.5 Å². The van der Waals surface area contributed by atoms with Crippen molar-refractivity contribution in [2.24, 2.45) is 5.73 Å². The fraction of sp³-hybridized carbons (Fsp3) is 0.222. The number of ether oxygens (including phenoxy) is 2. The van der Waals surface area contributed by atoms with Crippen LogP contribution in [0.15, 0.2) is 48.5 Å². The van der Waals surface area contributed by atoms with Gasteiger partial charge in [-0.3, -0.25) is 9.59 Å². The lowest BCUT2D eigenvalue weighted by atomic mass is 10.2. The van der Waals surface area contributed by atoms with Crippen LogP contribution in [-0.4, -0.2) is 37.5 Å². The molecule has 0 spiro atoms. The highest BCUT2D eigenvalue weighted by Crippen LogP contribution is 2.15. The van der Waals surface area contributed by atoms with E-state index in [1.807, 2.05) is 24.3 Å². The second-order valence-corrected chi connectivity index (χ2v) is 5.28. The molecular formula is C18H20N2O4. The summed E-state index contributed by atoms with van der Waals surface area (Å²) in [6, 6.07) is 13.9. The van der Waals surface area contributed by atoms with E-state index < -0.39 is 5.91 Å². The summed E-state index contributed by atoms with van der Waals surface area (Å²) in [7, 11) is 3.31. The molecule has 6 heteroatoms. The molecule has 2 aromatic rings. The zero-order chi connectivity index (χ0) is 17.5. The van der Waals surface area contributed by atoms with Gasteiger partial charge in [0.05, 0.1) is 7.11 Å². The maximum Gasteiger partial charge on any atom is 0.260 e. The Bertz CT molecular complexity index is 713. The van der Waals surface area contributed by atoms with Gasteiger partial charge < -0.3 is 20.1 Å². The maximum atomic E-state index is 12.1. The first kappa shape index (κ1) is 17.3. The van der Waals surface area contributed by atoms with Gasteiger partial charge in [0.2, 0.25) is 5.91 Å². The van der Waals surface area contributed by atoms with E-state index in [-0.39, 0.29) is 12.5 Å². The van der Waals surface area contributed by atoms with Crippen molar-refractivity contribution in [1.29, 1.82) is 0 Å². The van der Waals surface area contributed by atoms with Crippen molar-refractivity contribution in [1.82, 2.24) is 4.90 Å². The van der Waals surface area contributed by atoms with Crippen molar-refractivity contribution >= 4 is 11.8 Å². The van der Waals surface area contributed by atoms with Gasteiger partial charge in [-0.05, 0) is 42.0 Å². The molecule has 6 nitrogen and oxygen atoms in total. The Morgan fingerprint density at radius 2 is 1.79 bits per heavy atom. The Labute approximate surface area is 140 Å². The minimum absolute atomic E-state index is 0.0869. The van der Waals surface area contributed by atoms with E-state index in [0.29, 0.717) is 17.9 Å². The van der Waals surface area contributed by atoms with Crippen molar-refractivity contribution in [3.8, 4) is 11.5 Å². The summed E-state index contributed by atoms with van der Waals surface area (Å²) in [5, 5.41) is 0. The maximum absolute atomic E-state index is 12.1. The highest BCUT2D eigenvalue weighted by atomic mass is 16.5. The van der Waals surface area contributed by atoms with E-state index in [2.05, 4.69) is 0 Å². The molecule has 2 amide bonds. The van der Waals surface area contributed by atoms with Crippen molar-refractivity contribution in [3.63, 3.8) is 0 Å². The zero-order valence-electron chi connectivity index (χ0n) is 13.7. The molecule has 2 N–H and O–H groups in total. The van der Waals surface area contributed by atoms with Crippen molar-refractivity contribution in [2.45, 2.75) is 6.54 Å². The van der Waals surface area contributed by atoms with Crippen LogP contribution in [0.25, 0.3) is 0 Å². The molecule has 0 aliphatic rings. The van der Waals surface area contributed by atoms with Gasteiger partial charge in [0.25, 0.3) is 5.91 Å². The first-order valence-corrected chi connectivity index (χ1v) is 7.39. The van der Waals surface area contributed by atoms with E-state index in [1.165, 1.54) is 0 Å². The summed E-state index contributed by atoms with van der Waals surface area (Å²) in [5.41, 5.74) is 6.53. The van der Waals surface area contributed by atoms with E-state index in [0.717, 1.165) is 11.3 Å². The topological polar surface area (TPSA) is 81.9 Å². The lowest BCUT2D eigenvalue weighted by Crippen LogP contribution is -2.30. The van der Waals surface area contributed by atoms with Gasteiger partial charge in [-0.1, -0.05) is 12.1 Å². The highest BCUT2D eigenvalue weighted by Gasteiger charge is 2.11. The number of carbonyl (C=O) groups excluding carboxylic acids is 2. The monoisotopic (exact) mass is 328 g/mol. The summed E-state index contributed by atoms with van der Waals surface area (Å²) < 4.78 is 10.6. The fourth-order valence-electron chi connectivity index (χ4n) is 2.10. The molecule has 0 fully saturated rings. The summed E-state index contributed by atoms with van der Waals surface area (Å²) in [4.78, 5) is 24.7. The highest BCUT2D eigenvalue weighted by molar-refractivity contribution is 5.92. The molecule has 126 valence electrons. The number of methoxy groups -OCH3 is 1. The van der Waals surface area contributed by atoms with Crippen LogP contribution in [0.3, 0.4) is 0 Å². The van der Waals surface area contributed by atoms with Crippen LogP contribution >= 0.6 is 0 Å². The largest absolute Gasteiger partial charge is 0.497 e. The predicted molar refractivity (Wildman–Crippen MR) is 89.9 cm³/mol. The Balaban J connectivity index is 1.88. The molecule has 0 unspecified atom stereocenters. The van der Waals surface area contributed by atoms with Crippen molar-refractivity contribution in [3.05, 3.63) is 59.7 Å². The summed E-state index contributed by atoms with van der Waals surface area (Å²) >= 11 is 0. The molecule has 0 saturated carbocycles. The minimum atomic E-state index is -0.504. The average Bonchev–Trinajstić information content (AvgIpc) is 2.60. The van der Waals surface area contributed by atoms with E-state index in [4.69, 9.17) is 15.2 Å². The Kier molecular flexibility index (Phi) is 5.78. The molecule has 0 atom stereocenters. The first-order chi connectivity index (χ1) is 11.5. The van der Waals surface area contributed by atoms with Crippen LogP contribution in [-0.2, 0) is 11.3 Å². The summed E-state index contributed by atoms with van der Waals surface area (Å²) in [6.45, 7) is 0.371. The smallest absolute Gasteiger partial charge is 0.260 e. The van der Waals surface area contributed by atoms with Crippen LogP contribution in [0.5, 0.6) is 11.5 Å². The number of carbonyl (C=O) groups is 2. The van der Waals surface area contributed by atoms with Crippen molar-refractivity contribution in [2.75, 3.05) is 20.8 Å². The number of nitrogens with two attached hydrogens (primary N) is 1. The number of nitrogens with zero attached hydrogens (tertiary/aromatic N) is 1. The zero-order valence-corrected chi connectivity index (χ0v) is 13.7. The van der Waals surface area contributed by atoms with Gasteiger partial charge in [0, 0.05) is 19.2 Å². The second-order valence-electron chi connectivity index (χ2n) is 5.28. The fourth-order valence-corrected chi connectivity index (χ4v) is 2.10. The van der Waals surface area contributed by atoms with Gasteiger partial charge in [-0.2, -0.15) is 0 Å². The van der Waals surface area contributed by atoms with Gasteiger partial charge in [0.15, 0.2) is 6.61 Å². The predicted octanol–water partition coefficient (Wildman–Crippen LogP) is 1.83. The SMILES string of the molecule is COc1cccc(CN(C)C(=O)COc2ccc(C(N)=O)cc2)c1. The van der Waals surface area contributed by atoms with Gasteiger partial charge >= 0.3 is 0 Å². The van der Waals surface area contributed by atoms with Crippen LogP contribution in [0.2, 0.25) is 0 Å². The Hall–Kier alpha value is -3.02. The minimum Gasteiger partial charge on any atom is -0.497 e. The van der Waals surface area contributed by atoms with Crippen LogP contribution in [0.4, 0.5) is 0 Å². The first-order valence-electron chi connectivity index (χ1n) is 7.39. The molecule has 24 heavy (non-hydrogen) atoms. The number of hydrogen-bond donors (Lipinski definition) is 1. The normalized spacial score (nSPS) is 10.1. The Morgan fingerprint density at radius 3 is 2.42 bits per heavy atom. The molecular weight excluding hydrogens is 308 g/mol. The number of primary amides is 1. The number of hydrogen-bond acceptors (Lipinski definition) is 4. The molecule has 2 rings (SSSR count). The van der Waals surface area contributed by atoms with E-state index in [9.17, 15) is 9.59 Å². The Morgan fingerprint density at radius 1 is 1.08 bits per heavy atom. The number of likely N-dealkylation sites (N-methyl/N-ethyl adjacent to an activating group) is 1. The lowest BCUT2D eigenvalue weighted by Gasteiger charge is -2.18.